The zero-order chi connectivity index (χ0) is 19.7. The van der Waals surface area contributed by atoms with E-state index in [1.54, 1.807) is 0 Å². The van der Waals surface area contributed by atoms with E-state index in [0.29, 0.717) is 12.1 Å². The molecule has 0 spiro atoms. The van der Waals surface area contributed by atoms with E-state index in [1.807, 2.05) is 0 Å². The Morgan fingerprint density at radius 1 is 0.923 bits per heavy atom. The summed E-state index contributed by atoms with van der Waals surface area (Å²) in [5.74, 6) is -1.50. The molecule has 0 radical (unpaired) electrons. The van der Waals surface area contributed by atoms with Gasteiger partial charge in [0.15, 0.2) is 0 Å². The second-order valence-electron chi connectivity index (χ2n) is 4.70. The van der Waals surface area contributed by atoms with Crippen LogP contribution >= 0.6 is 0 Å². The van der Waals surface area contributed by atoms with Crippen LogP contribution in [0.15, 0.2) is 47.4 Å². The van der Waals surface area contributed by atoms with Crippen LogP contribution in [0.5, 0.6) is 5.75 Å². The summed E-state index contributed by atoms with van der Waals surface area (Å²) in [6.07, 6.45) is -5.12. The van der Waals surface area contributed by atoms with E-state index >= 15 is 0 Å². The SMILES string of the molecule is O=[N+]([O-])c1ccc(S(=O)(=O)Oc2c([N+](=O)[O-])cccc2C(F)(F)F)cc1. The average molecular weight is 392 g/mol. The third-order valence-corrected chi connectivity index (χ3v) is 4.26. The molecule has 0 saturated carbocycles. The summed E-state index contributed by atoms with van der Waals surface area (Å²) in [7, 11) is -4.92. The molecule has 138 valence electrons. The molecule has 0 aliphatic rings. The maximum Gasteiger partial charge on any atom is 0.420 e. The van der Waals surface area contributed by atoms with Crippen molar-refractivity contribution in [3.05, 3.63) is 68.3 Å². The van der Waals surface area contributed by atoms with Crippen molar-refractivity contribution < 1.29 is 35.6 Å². The third kappa shape index (κ3) is 3.88. The Morgan fingerprint density at radius 3 is 1.96 bits per heavy atom. The molecule has 2 aromatic rings. The van der Waals surface area contributed by atoms with Crippen LogP contribution in [0.1, 0.15) is 5.56 Å². The van der Waals surface area contributed by atoms with E-state index < -0.39 is 53.7 Å². The minimum Gasteiger partial charge on any atom is -0.371 e. The van der Waals surface area contributed by atoms with Crippen molar-refractivity contribution in [3.63, 3.8) is 0 Å². The fraction of sp³-hybridized carbons (Fsp3) is 0.0769. The van der Waals surface area contributed by atoms with Gasteiger partial charge in [-0.1, -0.05) is 6.07 Å². The first-order valence-electron chi connectivity index (χ1n) is 6.47. The molecule has 0 saturated heterocycles. The number of nitro benzene ring substituents is 2. The molecule has 0 amide bonds. The van der Waals surface area contributed by atoms with Crippen molar-refractivity contribution in [1.29, 1.82) is 0 Å². The summed E-state index contributed by atoms with van der Waals surface area (Å²) >= 11 is 0. The lowest BCUT2D eigenvalue weighted by Crippen LogP contribution is -2.15. The van der Waals surface area contributed by atoms with Crippen LogP contribution in [0, 0.1) is 20.2 Å². The van der Waals surface area contributed by atoms with Crippen molar-refractivity contribution in [2.45, 2.75) is 11.1 Å². The second-order valence-corrected chi connectivity index (χ2v) is 6.24. The minimum absolute atomic E-state index is 0.424. The second kappa shape index (κ2) is 6.59. The van der Waals surface area contributed by atoms with Gasteiger partial charge in [0.05, 0.1) is 9.85 Å². The highest BCUT2D eigenvalue weighted by molar-refractivity contribution is 7.87. The molecule has 2 rings (SSSR count). The quantitative estimate of drug-likeness (QED) is 0.433. The van der Waals surface area contributed by atoms with Crippen LogP contribution in [-0.2, 0) is 16.3 Å². The number of benzene rings is 2. The number of alkyl halides is 3. The van der Waals surface area contributed by atoms with Crippen LogP contribution < -0.4 is 4.18 Å². The van der Waals surface area contributed by atoms with E-state index in [9.17, 15) is 41.8 Å². The number of nitro groups is 2. The van der Waals surface area contributed by atoms with Crippen LogP contribution in [0.2, 0.25) is 0 Å². The first-order chi connectivity index (χ1) is 11.9. The first-order valence-corrected chi connectivity index (χ1v) is 7.88. The van der Waals surface area contributed by atoms with Crippen LogP contribution in [0.3, 0.4) is 0 Å². The highest BCUT2D eigenvalue weighted by atomic mass is 32.2. The molecule has 0 bridgehead atoms. The summed E-state index contributed by atoms with van der Waals surface area (Å²) in [4.78, 5) is 18.7. The number of hydrogen-bond donors (Lipinski definition) is 0. The zero-order valence-electron chi connectivity index (χ0n) is 12.3. The molecule has 0 atom stereocenters. The molecule has 0 fully saturated rings. The zero-order valence-corrected chi connectivity index (χ0v) is 13.2. The van der Waals surface area contributed by atoms with Gasteiger partial charge in [0.25, 0.3) is 5.69 Å². The number of non-ortho nitro benzene ring substituents is 1. The van der Waals surface area contributed by atoms with Crippen LogP contribution in [0.4, 0.5) is 24.5 Å². The number of halogens is 3. The Hall–Kier alpha value is -3.22. The molecular weight excluding hydrogens is 385 g/mol. The standard InChI is InChI=1S/C13H7F3N2O7S/c14-13(15,16)10-2-1-3-11(18(21)22)12(10)25-26(23,24)9-6-4-8(5-7-9)17(19)20/h1-7H. The Morgan fingerprint density at radius 2 is 1.50 bits per heavy atom. The molecule has 0 aliphatic carbocycles. The number of hydrogen-bond acceptors (Lipinski definition) is 7. The van der Waals surface area contributed by atoms with Gasteiger partial charge in [-0.25, -0.2) is 0 Å². The molecular formula is C13H7F3N2O7S. The lowest BCUT2D eigenvalue weighted by atomic mass is 10.1. The topological polar surface area (TPSA) is 130 Å². The van der Waals surface area contributed by atoms with E-state index in [2.05, 4.69) is 4.18 Å². The first kappa shape index (κ1) is 19.1. The molecule has 9 nitrogen and oxygen atoms in total. The number of nitrogens with zero attached hydrogens (tertiary/aromatic N) is 2. The average Bonchev–Trinajstić information content (AvgIpc) is 2.53. The molecule has 0 aliphatic heterocycles. The van der Waals surface area contributed by atoms with E-state index in [1.165, 1.54) is 0 Å². The van der Waals surface area contributed by atoms with Crippen molar-refractivity contribution in [3.8, 4) is 5.75 Å². The van der Waals surface area contributed by atoms with Gasteiger partial charge in [0.2, 0.25) is 5.75 Å². The lowest BCUT2D eigenvalue weighted by Gasteiger charge is -2.13. The third-order valence-electron chi connectivity index (χ3n) is 3.03. The van der Waals surface area contributed by atoms with Crippen LogP contribution in [0.25, 0.3) is 0 Å². The van der Waals surface area contributed by atoms with Crippen molar-refractivity contribution in [2.24, 2.45) is 0 Å². The molecule has 0 unspecified atom stereocenters. The van der Waals surface area contributed by atoms with Gasteiger partial charge in [-0.3, -0.25) is 20.2 Å². The van der Waals surface area contributed by atoms with Gasteiger partial charge in [-0.2, -0.15) is 21.6 Å². The lowest BCUT2D eigenvalue weighted by molar-refractivity contribution is -0.385. The molecule has 26 heavy (non-hydrogen) atoms. The Balaban J connectivity index is 2.55. The number of rotatable bonds is 5. The van der Waals surface area contributed by atoms with Crippen molar-refractivity contribution in [2.75, 3.05) is 0 Å². The summed E-state index contributed by atoms with van der Waals surface area (Å²) in [5, 5.41) is 21.5. The Bertz CT molecular complexity index is 972. The largest absolute Gasteiger partial charge is 0.420 e. The molecule has 0 N–H and O–H groups in total. The molecule has 13 heteroatoms. The van der Waals surface area contributed by atoms with Gasteiger partial charge in [-0.05, 0) is 18.2 Å². The Labute approximate surface area is 143 Å². The molecule has 0 heterocycles. The van der Waals surface area contributed by atoms with E-state index in [-0.39, 0.29) is 0 Å². The summed E-state index contributed by atoms with van der Waals surface area (Å²) in [6, 6.07) is 4.85. The predicted octanol–water partition coefficient (Wildman–Crippen LogP) is 3.29. The normalized spacial score (nSPS) is 11.8. The van der Waals surface area contributed by atoms with E-state index in [0.717, 1.165) is 30.3 Å². The summed E-state index contributed by atoms with van der Waals surface area (Å²) < 4.78 is 67.8. The highest BCUT2D eigenvalue weighted by Crippen LogP contribution is 2.42. The maximum atomic E-state index is 13.0. The van der Waals surface area contributed by atoms with Gasteiger partial charge in [0.1, 0.15) is 10.5 Å². The van der Waals surface area contributed by atoms with Gasteiger partial charge in [0, 0.05) is 18.2 Å². The van der Waals surface area contributed by atoms with Crippen molar-refractivity contribution >= 4 is 21.5 Å². The van der Waals surface area contributed by atoms with Crippen LogP contribution in [-0.4, -0.2) is 18.3 Å². The molecule has 2 aromatic carbocycles. The summed E-state index contributed by atoms with van der Waals surface area (Å²) in [6.45, 7) is 0. The van der Waals surface area contributed by atoms with Gasteiger partial charge in [-0.15, -0.1) is 0 Å². The highest BCUT2D eigenvalue weighted by Gasteiger charge is 2.40. The maximum absolute atomic E-state index is 13.0. The molecule has 0 aromatic heterocycles. The predicted molar refractivity (Wildman–Crippen MR) is 79.0 cm³/mol. The minimum atomic E-state index is -5.12. The number of para-hydroxylation sites is 1. The van der Waals surface area contributed by atoms with E-state index in [4.69, 9.17) is 0 Å². The summed E-state index contributed by atoms with van der Waals surface area (Å²) in [5.41, 5.74) is -3.33. The fourth-order valence-corrected chi connectivity index (χ4v) is 2.83. The van der Waals surface area contributed by atoms with Gasteiger partial charge >= 0.3 is 22.0 Å². The van der Waals surface area contributed by atoms with Crippen molar-refractivity contribution in [1.82, 2.24) is 0 Å². The smallest absolute Gasteiger partial charge is 0.371 e. The fourth-order valence-electron chi connectivity index (χ4n) is 1.87. The Kier molecular flexibility index (Phi) is 4.84. The van der Waals surface area contributed by atoms with Gasteiger partial charge < -0.3 is 4.18 Å². The monoisotopic (exact) mass is 392 g/mol.